The maximum absolute atomic E-state index is 12.7. The smallest absolute Gasteiger partial charge is 0.408 e. The van der Waals surface area contributed by atoms with Gasteiger partial charge < -0.3 is 9.32 Å². The molecule has 4 heterocycles. The molecule has 0 N–H and O–H groups in total. The Morgan fingerprint density at radius 3 is 2.73 bits per heavy atom. The summed E-state index contributed by atoms with van der Waals surface area (Å²) in [5.41, 5.74) is 2.21. The van der Waals surface area contributed by atoms with Crippen LogP contribution in [0, 0.1) is 0 Å². The molecule has 30 heavy (non-hydrogen) atoms. The number of carbonyl (C=O) groups is 1. The van der Waals surface area contributed by atoms with Crippen molar-refractivity contribution in [2.45, 2.75) is 38.1 Å². The van der Waals surface area contributed by atoms with Crippen LogP contribution in [0.15, 0.2) is 57.9 Å². The molecular weight excluding hydrogens is 382 g/mol. The molecule has 0 radical (unpaired) electrons. The van der Waals surface area contributed by atoms with Gasteiger partial charge in [0.15, 0.2) is 11.2 Å². The fraction of sp³-hybridized carbons (Fsp3) is 0.364. The van der Waals surface area contributed by atoms with Crippen molar-refractivity contribution >= 4 is 22.7 Å². The molecule has 0 saturated carbocycles. The molecule has 8 nitrogen and oxygen atoms in total. The quantitative estimate of drug-likeness (QED) is 0.510. The third kappa shape index (κ3) is 3.38. The van der Waals surface area contributed by atoms with Crippen LogP contribution in [0.5, 0.6) is 0 Å². The Balaban J connectivity index is 1.16. The van der Waals surface area contributed by atoms with Crippen LogP contribution in [0.4, 0.5) is 0 Å². The van der Waals surface area contributed by atoms with E-state index in [0.717, 1.165) is 42.9 Å². The van der Waals surface area contributed by atoms with Gasteiger partial charge in [-0.2, -0.15) is 0 Å². The lowest BCUT2D eigenvalue weighted by atomic mass is 9.95. The molecule has 0 atom stereocenters. The SMILES string of the molecule is O=C(CCCn1c(=O)oc2ccccc21)N1CCC(c2nnc3ccccn23)CC1. The molecule has 8 heteroatoms. The van der Waals surface area contributed by atoms with Gasteiger partial charge in [0.05, 0.1) is 5.52 Å². The van der Waals surface area contributed by atoms with Crippen LogP contribution in [0.3, 0.4) is 0 Å². The molecule has 1 aromatic carbocycles. The Morgan fingerprint density at radius 2 is 1.87 bits per heavy atom. The number of nitrogens with zero attached hydrogens (tertiary/aromatic N) is 5. The minimum Gasteiger partial charge on any atom is -0.408 e. The maximum Gasteiger partial charge on any atom is 0.419 e. The Morgan fingerprint density at radius 1 is 1.07 bits per heavy atom. The first-order chi connectivity index (χ1) is 14.7. The Bertz CT molecular complexity index is 1250. The van der Waals surface area contributed by atoms with E-state index in [9.17, 15) is 9.59 Å². The van der Waals surface area contributed by atoms with E-state index in [1.54, 1.807) is 10.6 Å². The molecule has 1 amide bonds. The van der Waals surface area contributed by atoms with Gasteiger partial charge >= 0.3 is 5.76 Å². The molecule has 1 aliphatic rings. The van der Waals surface area contributed by atoms with E-state index in [0.29, 0.717) is 30.9 Å². The molecule has 0 unspecified atom stereocenters. The highest BCUT2D eigenvalue weighted by Crippen LogP contribution is 2.27. The molecule has 0 aliphatic carbocycles. The molecule has 0 bridgehead atoms. The summed E-state index contributed by atoms with van der Waals surface area (Å²) in [6.45, 7) is 1.92. The number of hydrogen-bond acceptors (Lipinski definition) is 5. The number of carbonyl (C=O) groups excluding carboxylic acids is 1. The van der Waals surface area contributed by atoms with Crippen LogP contribution in [-0.4, -0.2) is 43.1 Å². The van der Waals surface area contributed by atoms with Crippen LogP contribution in [0.1, 0.15) is 37.4 Å². The lowest BCUT2D eigenvalue weighted by Crippen LogP contribution is -2.38. The van der Waals surface area contributed by atoms with Crippen molar-refractivity contribution in [3.8, 4) is 0 Å². The minimum atomic E-state index is -0.370. The standard InChI is InChI=1S/C22H23N5O3/c28-20(9-5-13-26-17-6-1-2-7-18(17)30-22(26)29)25-14-10-16(11-15-25)21-24-23-19-8-3-4-12-27(19)21/h1-4,6-8,12,16H,5,9-11,13-15H2. The van der Waals surface area contributed by atoms with Gasteiger partial charge in [0.1, 0.15) is 5.82 Å². The first-order valence-electron chi connectivity index (χ1n) is 10.4. The number of aromatic nitrogens is 4. The number of amides is 1. The Hall–Kier alpha value is -3.42. The molecule has 1 saturated heterocycles. The fourth-order valence-corrected chi connectivity index (χ4v) is 4.30. The zero-order chi connectivity index (χ0) is 20.5. The van der Waals surface area contributed by atoms with Gasteiger partial charge in [0, 0.05) is 38.2 Å². The number of likely N-dealkylation sites (tertiary alicyclic amines) is 1. The number of hydrogen-bond donors (Lipinski definition) is 0. The van der Waals surface area contributed by atoms with E-state index in [1.165, 1.54) is 0 Å². The fourth-order valence-electron chi connectivity index (χ4n) is 4.30. The van der Waals surface area contributed by atoms with Crippen molar-refractivity contribution < 1.29 is 9.21 Å². The van der Waals surface area contributed by atoms with E-state index in [1.807, 2.05) is 51.9 Å². The van der Waals surface area contributed by atoms with E-state index in [2.05, 4.69) is 10.2 Å². The molecular formula is C22H23N5O3. The van der Waals surface area contributed by atoms with Crippen molar-refractivity contribution in [2.75, 3.05) is 13.1 Å². The molecule has 5 rings (SSSR count). The number of rotatable bonds is 5. The van der Waals surface area contributed by atoms with Crippen molar-refractivity contribution in [2.24, 2.45) is 0 Å². The largest absolute Gasteiger partial charge is 0.419 e. The molecule has 4 aromatic rings. The second-order valence-corrected chi connectivity index (χ2v) is 7.73. The first-order valence-corrected chi connectivity index (χ1v) is 10.4. The van der Waals surface area contributed by atoms with Gasteiger partial charge in [-0.05, 0) is 43.5 Å². The van der Waals surface area contributed by atoms with E-state index in [-0.39, 0.29) is 11.7 Å². The highest BCUT2D eigenvalue weighted by molar-refractivity contribution is 5.76. The highest BCUT2D eigenvalue weighted by atomic mass is 16.4. The molecule has 154 valence electrons. The zero-order valence-corrected chi connectivity index (χ0v) is 16.6. The van der Waals surface area contributed by atoms with Crippen LogP contribution in [0.25, 0.3) is 16.7 Å². The lowest BCUT2D eigenvalue weighted by molar-refractivity contribution is -0.132. The lowest BCUT2D eigenvalue weighted by Gasteiger charge is -2.31. The number of oxazole rings is 1. The summed E-state index contributed by atoms with van der Waals surface area (Å²) in [6, 6.07) is 13.2. The van der Waals surface area contributed by atoms with Gasteiger partial charge in [-0.3, -0.25) is 13.8 Å². The number of piperidine rings is 1. The zero-order valence-electron chi connectivity index (χ0n) is 16.6. The van der Waals surface area contributed by atoms with E-state index in [4.69, 9.17) is 4.42 Å². The summed E-state index contributed by atoms with van der Waals surface area (Å²) in [5.74, 6) is 1.05. The summed E-state index contributed by atoms with van der Waals surface area (Å²) in [4.78, 5) is 26.6. The third-order valence-corrected chi connectivity index (χ3v) is 5.90. The second-order valence-electron chi connectivity index (χ2n) is 7.73. The Labute approximate surface area is 172 Å². The highest BCUT2D eigenvalue weighted by Gasteiger charge is 2.26. The van der Waals surface area contributed by atoms with E-state index < -0.39 is 0 Å². The summed E-state index contributed by atoms with van der Waals surface area (Å²) in [5, 5.41) is 8.61. The summed E-state index contributed by atoms with van der Waals surface area (Å²) in [7, 11) is 0. The van der Waals surface area contributed by atoms with Crippen LogP contribution >= 0.6 is 0 Å². The minimum absolute atomic E-state index is 0.139. The topological polar surface area (TPSA) is 85.6 Å². The summed E-state index contributed by atoms with van der Waals surface area (Å²) in [6.07, 6.45) is 4.78. The number of para-hydroxylation sites is 2. The predicted octanol–water partition coefficient (Wildman–Crippen LogP) is 2.82. The average molecular weight is 405 g/mol. The maximum atomic E-state index is 12.7. The first kappa shape index (κ1) is 18.6. The second kappa shape index (κ2) is 7.78. The van der Waals surface area contributed by atoms with Crippen molar-refractivity contribution in [1.29, 1.82) is 0 Å². The average Bonchev–Trinajstić information content (AvgIpc) is 3.35. The molecule has 1 fully saturated rings. The number of fused-ring (bicyclic) bond motifs is 2. The van der Waals surface area contributed by atoms with Gasteiger partial charge in [-0.15, -0.1) is 10.2 Å². The van der Waals surface area contributed by atoms with Crippen LogP contribution in [0.2, 0.25) is 0 Å². The van der Waals surface area contributed by atoms with Gasteiger partial charge in [0.25, 0.3) is 0 Å². The van der Waals surface area contributed by atoms with Gasteiger partial charge in [0.2, 0.25) is 5.91 Å². The van der Waals surface area contributed by atoms with Gasteiger partial charge in [-0.1, -0.05) is 18.2 Å². The van der Waals surface area contributed by atoms with Crippen LogP contribution in [-0.2, 0) is 11.3 Å². The summed E-state index contributed by atoms with van der Waals surface area (Å²) < 4.78 is 8.89. The molecule has 3 aromatic heterocycles. The molecule has 0 spiro atoms. The van der Waals surface area contributed by atoms with Crippen molar-refractivity contribution in [3.63, 3.8) is 0 Å². The van der Waals surface area contributed by atoms with E-state index >= 15 is 0 Å². The predicted molar refractivity (Wildman–Crippen MR) is 111 cm³/mol. The van der Waals surface area contributed by atoms with Crippen LogP contribution < -0.4 is 5.76 Å². The number of benzene rings is 1. The normalized spacial score (nSPS) is 15.3. The van der Waals surface area contributed by atoms with Crippen molar-refractivity contribution in [1.82, 2.24) is 24.1 Å². The van der Waals surface area contributed by atoms with Crippen molar-refractivity contribution in [3.05, 3.63) is 65.0 Å². The summed E-state index contributed by atoms with van der Waals surface area (Å²) >= 11 is 0. The monoisotopic (exact) mass is 405 g/mol. The third-order valence-electron chi connectivity index (χ3n) is 5.90. The number of aryl methyl sites for hydroxylation is 1. The number of pyridine rings is 1. The molecule has 1 aliphatic heterocycles. The Kier molecular flexibility index (Phi) is 4.82. The van der Waals surface area contributed by atoms with Gasteiger partial charge in [-0.25, -0.2) is 4.79 Å².